The molecular formula is C18H32O2. The molecule has 1 unspecified atom stereocenters. The van der Waals surface area contributed by atoms with Gasteiger partial charge in [-0.25, -0.2) is 4.79 Å². The zero-order valence-electron chi connectivity index (χ0n) is 14.4. The molecule has 0 heterocycles. The smallest absolute Gasteiger partial charge is 0.331 e. The van der Waals surface area contributed by atoms with Crippen LogP contribution in [-0.4, -0.2) is 12.6 Å². The van der Waals surface area contributed by atoms with E-state index in [0.29, 0.717) is 12.5 Å². The summed E-state index contributed by atoms with van der Waals surface area (Å²) in [6.07, 6.45) is 5.37. The molecule has 0 radical (unpaired) electrons. The minimum Gasteiger partial charge on any atom is -0.463 e. The van der Waals surface area contributed by atoms with Gasteiger partial charge in [0.05, 0.1) is 6.61 Å². The molecule has 0 aromatic rings. The SMILES string of the molecule is CCOC(=O)/C=C(C)/C(C)=C(\C)C(C)CCCC(C)C. The molecule has 116 valence electrons. The molecule has 0 amide bonds. The van der Waals surface area contributed by atoms with E-state index in [1.807, 2.05) is 13.8 Å². The van der Waals surface area contributed by atoms with Gasteiger partial charge < -0.3 is 4.74 Å². The van der Waals surface area contributed by atoms with Gasteiger partial charge in [0.1, 0.15) is 0 Å². The normalized spacial score (nSPS) is 15.1. The average Bonchev–Trinajstić information content (AvgIpc) is 2.36. The Balaban J connectivity index is 4.66. The molecule has 2 nitrogen and oxygen atoms in total. The molecule has 0 saturated heterocycles. The van der Waals surface area contributed by atoms with Crippen LogP contribution in [0.5, 0.6) is 0 Å². The zero-order valence-corrected chi connectivity index (χ0v) is 14.4. The lowest BCUT2D eigenvalue weighted by molar-refractivity contribution is -0.137. The van der Waals surface area contributed by atoms with E-state index in [-0.39, 0.29) is 5.97 Å². The maximum atomic E-state index is 11.5. The van der Waals surface area contributed by atoms with Crippen LogP contribution in [-0.2, 0) is 9.53 Å². The molecule has 0 aromatic heterocycles. The fourth-order valence-corrected chi connectivity index (χ4v) is 2.20. The molecule has 1 atom stereocenters. The van der Waals surface area contributed by atoms with E-state index in [0.717, 1.165) is 11.5 Å². The van der Waals surface area contributed by atoms with E-state index in [2.05, 4.69) is 34.6 Å². The lowest BCUT2D eigenvalue weighted by Gasteiger charge is -2.17. The van der Waals surface area contributed by atoms with Gasteiger partial charge in [-0.05, 0) is 57.1 Å². The summed E-state index contributed by atoms with van der Waals surface area (Å²) in [4.78, 5) is 11.5. The number of ether oxygens (including phenoxy) is 1. The van der Waals surface area contributed by atoms with Crippen LogP contribution in [0.2, 0.25) is 0 Å². The van der Waals surface area contributed by atoms with Gasteiger partial charge >= 0.3 is 5.97 Å². The van der Waals surface area contributed by atoms with Crippen molar-refractivity contribution in [2.24, 2.45) is 11.8 Å². The highest BCUT2D eigenvalue weighted by Crippen LogP contribution is 2.25. The summed E-state index contributed by atoms with van der Waals surface area (Å²) >= 11 is 0. The second-order valence-electron chi connectivity index (χ2n) is 6.11. The van der Waals surface area contributed by atoms with E-state index in [9.17, 15) is 4.79 Å². The van der Waals surface area contributed by atoms with E-state index in [1.54, 1.807) is 6.08 Å². The first kappa shape index (κ1) is 18.9. The molecule has 2 heteroatoms. The number of carbonyl (C=O) groups excluding carboxylic acids is 1. The number of esters is 1. The van der Waals surface area contributed by atoms with Crippen LogP contribution in [0.1, 0.15) is 67.7 Å². The molecule has 20 heavy (non-hydrogen) atoms. The molecule has 0 rings (SSSR count). The van der Waals surface area contributed by atoms with Gasteiger partial charge in [0.25, 0.3) is 0 Å². The van der Waals surface area contributed by atoms with E-state index < -0.39 is 0 Å². The number of hydrogen-bond donors (Lipinski definition) is 0. The second-order valence-corrected chi connectivity index (χ2v) is 6.11. The van der Waals surface area contributed by atoms with Crippen molar-refractivity contribution in [1.82, 2.24) is 0 Å². The predicted octanol–water partition coefficient (Wildman–Crippen LogP) is 5.29. The summed E-state index contributed by atoms with van der Waals surface area (Å²) in [5.74, 6) is 1.10. The first-order valence-corrected chi connectivity index (χ1v) is 7.82. The summed E-state index contributed by atoms with van der Waals surface area (Å²) in [6.45, 7) is 15.3. The van der Waals surface area contributed by atoms with Crippen LogP contribution in [0.25, 0.3) is 0 Å². The number of hydrogen-bond acceptors (Lipinski definition) is 2. The van der Waals surface area contributed by atoms with Crippen LogP contribution in [0.15, 0.2) is 22.8 Å². The lowest BCUT2D eigenvalue weighted by Crippen LogP contribution is -2.04. The highest BCUT2D eigenvalue weighted by atomic mass is 16.5. The maximum Gasteiger partial charge on any atom is 0.331 e. The van der Waals surface area contributed by atoms with Crippen LogP contribution < -0.4 is 0 Å². The predicted molar refractivity (Wildman–Crippen MR) is 86.6 cm³/mol. The third kappa shape index (κ3) is 7.52. The lowest BCUT2D eigenvalue weighted by atomic mass is 9.89. The van der Waals surface area contributed by atoms with Crippen LogP contribution >= 0.6 is 0 Å². The molecule has 0 bridgehead atoms. The Bertz CT molecular complexity index is 362. The van der Waals surface area contributed by atoms with Gasteiger partial charge in [0.15, 0.2) is 0 Å². The van der Waals surface area contributed by atoms with Crippen LogP contribution in [0.4, 0.5) is 0 Å². The van der Waals surface area contributed by atoms with Crippen molar-refractivity contribution in [1.29, 1.82) is 0 Å². The Labute approximate surface area is 125 Å². The Kier molecular flexibility index (Phi) is 9.28. The first-order chi connectivity index (χ1) is 9.29. The number of carbonyl (C=O) groups is 1. The zero-order chi connectivity index (χ0) is 15.7. The molecule has 0 aliphatic carbocycles. The quantitative estimate of drug-likeness (QED) is 0.343. The maximum absolute atomic E-state index is 11.5. The molecule has 0 aliphatic rings. The van der Waals surface area contributed by atoms with Crippen molar-refractivity contribution in [2.45, 2.75) is 67.7 Å². The number of allylic oxidation sites excluding steroid dienone is 3. The Hall–Kier alpha value is -1.05. The van der Waals surface area contributed by atoms with Gasteiger partial charge in [-0.2, -0.15) is 0 Å². The summed E-state index contributed by atoms with van der Waals surface area (Å²) < 4.78 is 4.96. The van der Waals surface area contributed by atoms with E-state index in [1.165, 1.54) is 30.4 Å². The topological polar surface area (TPSA) is 26.3 Å². The summed E-state index contributed by atoms with van der Waals surface area (Å²) in [6, 6.07) is 0. The Morgan fingerprint density at radius 3 is 2.20 bits per heavy atom. The fourth-order valence-electron chi connectivity index (χ4n) is 2.20. The second kappa shape index (κ2) is 9.79. The standard InChI is InChI=1S/C18H32O2/c1-8-20-18(19)12-15(5)17(7)16(6)14(4)11-9-10-13(2)3/h12-14H,8-11H2,1-7H3/b15-12+,17-16+. The minimum atomic E-state index is -0.246. The van der Waals surface area contributed by atoms with Crippen molar-refractivity contribution >= 4 is 5.97 Å². The molecule has 0 spiro atoms. The van der Waals surface area contributed by atoms with Gasteiger partial charge in [-0.1, -0.05) is 39.2 Å². The molecule has 0 saturated carbocycles. The van der Waals surface area contributed by atoms with E-state index >= 15 is 0 Å². The molecular weight excluding hydrogens is 248 g/mol. The van der Waals surface area contributed by atoms with Gasteiger partial charge in [0, 0.05) is 6.08 Å². The van der Waals surface area contributed by atoms with Gasteiger partial charge in [-0.15, -0.1) is 0 Å². The largest absolute Gasteiger partial charge is 0.463 e. The molecule has 0 fully saturated rings. The fraction of sp³-hybridized carbons (Fsp3) is 0.722. The molecule has 0 aromatic carbocycles. The van der Waals surface area contributed by atoms with Crippen LogP contribution in [0, 0.1) is 11.8 Å². The van der Waals surface area contributed by atoms with Crippen molar-refractivity contribution in [2.75, 3.05) is 6.61 Å². The average molecular weight is 280 g/mol. The van der Waals surface area contributed by atoms with Gasteiger partial charge in [-0.3, -0.25) is 0 Å². The van der Waals surface area contributed by atoms with Crippen molar-refractivity contribution in [3.05, 3.63) is 22.8 Å². The van der Waals surface area contributed by atoms with Crippen molar-refractivity contribution in [3.8, 4) is 0 Å². The Morgan fingerprint density at radius 1 is 1.10 bits per heavy atom. The summed E-state index contributed by atoms with van der Waals surface area (Å²) in [7, 11) is 0. The first-order valence-electron chi connectivity index (χ1n) is 7.82. The van der Waals surface area contributed by atoms with Crippen molar-refractivity contribution < 1.29 is 9.53 Å². The number of rotatable bonds is 8. The van der Waals surface area contributed by atoms with Crippen molar-refractivity contribution in [3.63, 3.8) is 0 Å². The highest BCUT2D eigenvalue weighted by Gasteiger charge is 2.10. The minimum absolute atomic E-state index is 0.246. The summed E-state index contributed by atoms with van der Waals surface area (Å²) in [5.41, 5.74) is 3.61. The third-order valence-electron chi connectivity index (χ3n) is 3.96. The van der Waals surface area contributed by atoms with E-state index in [4.69, 9.17) is 4.74 Å². The molecule has 0 N–H and O–H groups in total. The molecule has 0 aliphatic heterocycles. The monoisotopic (exact) mass is 280 g/mol. The summed E-state index contributed by atoms with van der Waals surface area (Å²) in [5, 5.41) is 0. The third-order valence-corrected chi connectivity index (χ3v) is 3.96. The van der Waals surface area contributed by atoms with Gasteiger partial charge in [0.2, 0.25) is 0 Å². The Morgan fingerprint density at radius 2 is 1.70 bits per heavy atom. The van der Waals surface area contributed by atoms with Crippen LogP contribution in [0.3, 0.4) is 0 Å². The highest BCUT2D eigenvalue weighted by molar-refractivity contribution is 5.83.